The number of hydrogen-bond donors (Lipinski definition) is 1. The highest BCUT2D eigenvalue weighted by molar-refractivity contribution is 5.91. The predicted molar refractivity (Wildman–Crippen MR) is 75.9 cm³/mol. The van der Waals surface area contributed by atoms with Crippen LogP contribution in [-0.4, -0.2) is 55.4 Å². The lowest BCUT2D eigenvalue weighted by Crippen LogP contribution is -2.42. The van der Waals surface area contributed by atoms with Gasteiger partial charge in [0.2, 0.25) is 5.76 Å². The van der Waals surface area contributed by atoms with Crippen LogP contribution in [0.4, 0.5) is 0 Å². The number of rotatable bonds is 4. The third-order valence-electron chi connectivity index (χ3n) is 3.48. The summed E-state index contributed by atoms with van der Waals surface area (Å²) in [5.74, 6) is -0.469. The summed E-state index contributed by atoms with van der Waals surface area (Å²) in [4.78, 5) is 13.1. The van der Waals surface area contributed by atoms with E-state index in [1.54, 1.807) is 18.2 Å². The minimum atomic E-state index is -1.08. The molecule has 1 atom stereocenters. The second-order valence-corrected chi connectivity index (χ2v) is 5.18. The Kier molecular flexibility index (Phi) is 3.81. The maximum Gasteiger partial charge on any atom is 0.371 e. The molecule has 1 N–H and O–H groups in total. The van der Waals surface area contributed by atoms with Crippen LogP contribution in [-0.2, 0) is 4.74 Å². The number of carboxylic acid groups (broad SMARTS) is 1. The molecular formula is C15H17NO5. The molecule has 1 aromatic heterocycles. The lowest BCUT2D eigenvalue weighted by Gasteiger charge is -2.29. The summed E-state index contributed by atoms with van der Waals surface area (Å²) >= 11 is 0. The van der Waals surface area contributed by atoms with E-state index >= 15 is 0 Å². The lowest BCUT2D eigenvalue weighted by atomic mass is 10.2. The maximum atomic E-state index is 10.9. The number of hydrogen-bond acceptors (Lipinski definition) is 5. The highest BCUT2D eigenvalue weighted by Crippen LogP contribution is 2.24. The van der Waals surface area contributed by atoms with E-state index in [9.17, 15) is 4.79 Å². The standard InChI is InChI=1S/C15H17NO5/c1-16-4-5-19-12(8-16)9-20-11-2-3-13-10(6-11)7-14(21-13)15(17)18/h2-3,6-7,12H,4-5,8-9H2,1H3,(H,17,18)/t12-/m1/s1. The van der Waals surface area contributed by atoms with E-state index in [-0.39, 0.29) is 11.9 Å². The van der Waals surface area contributed by atoms with Gasteiger partial charge in [-0.3, -0.25) is 0 Å². The van der Waals surface area contributed by atoms with Crippen LogP contribution in [0.15, 0.2) is 28.7 Å². The van der Waals surface area contributed by atoms with Crippen molar-refractivity contribution < 1.29 is 23.8 Å². The maximum absolute atomic E-state index is 10.9. The average molecular weight is 291 g/mol. The van der Waals surface area contributed by atoms with Crippen LogP contribution in [0.25, 0.3) is 11.0 Å². The van der Waals surface area contributed by atoms with E-state index in [1.807, 2.05) is 0 Å². The summed E-state index contributed by atoms with van der Waals surface area (Å²) in [6.07, 6.45) is 0.0541. The lowest BCUT2D eigenvalue weighted by molar-refractivity contribution is -0.0403. The number of fused-ring (bicyclic) bond motifs is 1. The Morgan fingerprint density at radius 2 is 2.33 bits per heavy atom. The summed E-state index contributed by atoms with van der Waals surface area (Å²) in [5, 5.41) is 9.62. The molecule has 2 aromatic rings. The van der Waals surface area contributed by atoms with Crippen LogP contribution in [0.2, 0.25) is 0 Å². The van der Waals surface area contributed by atoms with Gasteiger partial charge in [-0.1, -0.05) is 0 Å². The van der Waals surface area contributed by atoms with E-state index < -0.39 is 5.97 Å². The molecule has 0 aliphatic carbocycles. The zero-order valence-electron chi connectivity index (χ0n) is 11.7. The number of carbonyl (C=O) groups is 1. The number of furan rings is 1. The zero-order chi connectivity index (χ0) is 14.8. The van der Waals surface area contributed by atoms with Crippen molar-refractivity contribution in [1.82, 2.24) is 4.90 Å². The van der Waals surface area contributed by atoms with Gasteiger partial charge in [-0.25, -0.2) is 4.79 Å². The number of likely N-dealkylation sites (N-methyl/N-ethyl adjacent to an activating group) is 1. The molecule has 0 spiro atoms. The van der Waals surface area contributed by atoms with Crippen molar-refractivity contribution in [1.29, 1.82) is 0 Å². The molecule has 0 radical (unpaired) electrons. The molecular weight excluding hydrogens is 274 g/mol. The van der Waals surface area contributed by atoms with E-state index in [1.165, 1.54) is 6.07 Å². The van der Waals surface area contributed by atoms with Crippen molar-refractivity contribution in [3.8, 4) is 5.75 Å². The van der Waals surface area contributed by atoms with E-state index in [0.29, 0.717) is 29.9 Å². The van der Waals surface area contributed by atoms with Crippen LogP contribution in [0, 0.1) is 0 Å². The van der Waals surface area contributed by atoms with Crippen molar-refractivity contribution >= 4 is 16.9 Å². The van der Waals surface area contributed by atoms with Gasteiger partial charge in [0.15, 0.2) is 0 Å². The van der Waals surface area contributed by atoms with Gasteiger partial charge in [0, 0.05) is 18.5 Å². The van der Waals surface area contributed by atoms with E-state index in [2.05, 4.69) is 11.9 Å². The van der Waals surface area contributed by atoms with Gasteiger partial charge in [-0.2, -0.15) is 0 Å². The SMILES string of the molecule is CN1CCO[C@@H](COc2ccc3oc(C(=O)O)cc3c2)C1. The van der Waals surface area contributed by atoms with Gasteiger partial charge in [0.1, 0.15) is 24.0 Å². The molecule has 0 amide bonds. The highest BCUT2D eigenvalue weighted by Gasteiger charge is 2.18. The molecule has 1 fully saturated rings. The Bertz CT molecular complexity index is 651. The normalized spacial score (nSPS) is 19.8. The molecule has 6 nitrogen and oxygen atoms in total. The van der Waals surface area contributed by atoms with Crippen molar-refractivity contribution in [2.75, 3.05) is 33.4 Å². The first kappa shape index (κ1) is 13.9. The van der Waals surface area contributed by atoms with Gasteiger partial charge in [0.25, 0.3) is 0 Å². The van der Waals surface area contributed by atoms with Gasteiger partial charge in [-0.05, 0) is 31.3 Å². The fourth-order valence-electron chi connectivity index (χ4n) is 2.37. The number of ether oxygens (including phenoxy) is 2. The number of morpholine rings is 1. The molecule has 6 heteroatoms. The summed E-state index contributed by atoms with van der Waals surface area (Å²) in [7, 11) is 2.06. The van der Waals surface area contributed by atoms with Crippen molar-refractivity contribution in [2.24, 2.45) is 0 Å². The second-order valence-electron chi connectivity index (χ2n) is 5.18. The van der Waals surface area contributed by atoms with Crippen molar-refractivity contribution in [3.63, 3.8) is 0 Å². The topological polar surface area (TPSA) is 72.1 Å². The van der Waals surface area contributed by atoms with E-state index in [0.717, 1.165) is 13.1 Å². The van der Waals surface area contributed by atoms with Gasteiger partial charge in [-0.15, -0.1) is 0 Å². The van der Waals surface area contributed by atoms with Gasteiger partial charge in [0.05, 0.1) is 6.61 Å². The number of benzene rings is 1. The van der Waals surface area contributed by atoms with Crippen LogP contribution in [0.3, 0.4) is 0 Å². The van der Waals surface area contributed by atoms with Crippen LogP contribution in [0.1, 0.15) is 10.6 Å². The smallest absolute Gasteiger partial charge is 0.371 e. The molecule has 21 heavy (non-hydrogen) atoms. The number of nitrogens with zero attached hydrogens (tertiary/aromatic N) is 1. The average Bonchev–Trinajstić information content (AvgIpc) is 2.88. The van der Waals surface area contributed by atoms with Gasteiger partial charge >= 0.3 is 5.97 Å². The van der Waals surface area contributed by atoms with Crippen molar-refractivity contribution in [2.45, 2.75) is 6.10 Å². The molecule has 1 aliphatic heterocycles. The zero-order valence-corrected chi connectivity index (χ0v) is 11.7. The van der Waals surface area contributed by atoms with Crippen LogP contribution in [0.5, 0.6) is 5.75 Å². The molecule has 1 aromatic carbocycles. The molecule has 112 valence electrons. The summed E-state index contributed by atoms with van der Waals surface area (Å²) in [6, 6.07) is 6.75. The van der Waals surface area contributed by atoms with Crippen LogP contribution >= 0.6 is 0 Å². The molecule has 3 rings (SSSR count). The number of aromatic carboxylic acids is 1. The first-order valence-electron chi connectivity index (χ1n) is 6.81. The minimum Gasteiger partial charge on any atom is -0.491 e. The first-order chi connectivity index (χ1) is 10.1. The molecule has 1 aliphatic rings. The van der Waals surface area contributed by atoms with Crippen LogP contribution < -0.4 is 4.74 Å². The molecule has 0 bridgehead atoms. The first-order valence-corrected chi connectivity index (χ1v) is 6.81. The number of carboxylic acids is 1. The third-order valence-corrected chi connectivity index (χ3v) is 3.48. The fraction of sp³-hybridized carbons (Fsp3) is 0.400. The molecule has 0 saturated carbocycles. The Morgan fingerprint density at radius 1 is 1.48 bits per heavy atom. The van der Waals surface area contributed by atoms with Gasteiger partial charge < -0.3 is 23.9 Å². The summed E-state index contributed by atoms with van der Waals surface area (Å²) in [6.45, 7) is 2.97. The van der Waals surface area contributed by atoms with E-state index in [4.69, 9.17) is 19.0 Å². The molecule has 2 heterocycles. The largest absolute Gasteiger partial charge is 0.491 e. The monoisotopic (exact) mass is 291 g/mol. The molecule has 1 saturated heterocycles. The Balaban J connectivity index is 1.68. The Hall–Kier alpha value is -2.05. The molecule has 0 unspecified atom stereocenters. The van der Waals surface area contributed by atoms with Crippen molar-refractivity contribution in [3.05, 3.63) is 30.0 Å². The predicted octanol–water partition coefficient (Wildman–Crippen LogP) is 1.84. The quantitative estimate of drug-likeness (QED) is 0.926. The third kappa shape index (κ3) is 3.17. The second kappa shape index (κ2) is 5.75. The summed E-state index contributed by atoms with van der Waals surface area (Å²) < 4.78 is 16.6. The Morgan fingerprint density at radius 3 is 3.10 bits per heavy atom. The fourth-order valence-corrected chi connectivity index (χ4v) is 2.37. The summed E-state index contributed by atoms with van der Waals surface area (Å²) in [5.41, 5.74) is 0.536. The Labute approximate surface area is 121 Å². The highest BCUT2D eigenvalue weighted by atomic mass is 16.5. The minimum absolute atomic E-state index is 0.0541.